The summed E-state index contributed by atoms with van der Waals surface area (Å²) in [5.74, 6) is -0.964. The molecule has 0 fully saturated rings. The molecular weight excluding hydrogens is 340 g/mol. The van der Waals surface area contributed by atoms with E-state index in [1.165, 1.54) is 32.4 Å². The molecule has 1 atom stereocenters. The quantitative estimate of drug-likeness (QED) is 0.515. The zero-order valence-corrected chi connectivity index (χ0v) is 14.2. The number of rotatable bonds is 7. The second kappa shape index (κ2) is 8.52. The molecule has 3 N–H and O–H groups in total. The van der Waals surface area contributed by atoms with Crippen molar-refractivity contribution in [1.82, 2.24) is 5.43 Å². The van der Waals surface area contributed by atoms with Crippen molar-refractivity contribution in [2.75, 3.05) is 7.11 Å². The van der Waals surface area contributed by atoms with Crippen molar-refractivity contribution in [2.45, 2.75) is 13.0 Å². The Bertz CT molecular complexity index is 834. The van der Waals surface area contributed by atoms with Crippen molar-refractivity contribution in [2.24, 2.45) is 5.10 Å². The Hall–Kier alpha value is -3.55. The van der Waals surface area contributed by atoms with Crippen LogP contribution in [0.3, 0.4) is 0 Å². The standard InChI is InChI=1S/C18H18N2O6/c1-11(18(23)24)26-15-7-6-12(8-16(15)25-2)10-19-20-17(22)13-4-3-5-14(21)9-13/h3-11,21H,1-2H3,(H,20,22)(H,23,24)/b19-10+/t11-/m1/s1. The van der Waals surface area contributed by atoms with E-state index in [0.29, 0.717) is 11.3 Å². The number of nitrogens with one attached hydrogen (secondary N) is 1. The summed E-state index contributed by atoms with van der Waals surface area (Å²) in [5, 5.41) is 22.1. The Kier molecular flexibility index (Phi) is 6.15. The van der Waals surface area contributed by atoms with Crippen LogP contribution in [0, 0.1) is 0 Å². The average Bonchev–Trinajstić information content (AvgIpc) is 2.62. The summed E-state index contributed by atoms with van der Waals surface area (Å²) >= 11 is 0. The molecule has 0 saturated heterocycles. The largest absolute Gasteiger partial charge is 0.508 e. The lowest BCUT2D eigenvalue weighted by molar-refractivity contribution is -0.144. The molecule has 0 bridgehead atoms. The van der Waals surface area contributed by atoms with Gasteiger partial charge in [0.05, 0.1) is 13.3 Å². The number of aromatic hydroxyl groups is 1. The molecule has 0 heterocycles. The number of carbonyl (C=O) groups excluding carboxylic acids is 1. The first-order valence-corrected chi connectivity index (χ1v) is 7.60. The minimum absolute atomic E-state index is 0.0162. The van der Waals surface area contributed by atoms with Crippen LogP contribution in [0.1, 0.15) is 22.8 Å². The number of hydrogen-bond donors (Lipinski definition) is 3. The zero-order chi connectivity index (χ0) is 19.1. The summed E-state index contributed by atoms with van der Waals surface area (Å²) in [4.78, 5) is 22.8. The lowest BCUT2D eigenvalue weighted by Crippen LogP contribution is -2.23. The number of nitrogens with zero attached hydrogens (tertiary/aromatic N) is 1. The molecule has 26 heavy (non-hydrogen) atoms. The van der Waals surface area contributed by atoms with E-state index in [-0.39, 0.29) is 17.1 Å². The highest BCUT2D eigenvalue weighted by Gasteiger charge is 2.15. The Morgan fingerprint density at radius 3 is 2.62 bits per heavy atom. The molecular formula is C18H18N2O6. The number of hydrazone groups is 1. The fraction of sp³-hybridized carbons (Fsp3) is 0.167. The van der Waals surface area contributed by atoms with Crippen LogP contribution in [0.15, 0.2) is 47.6 Å². The highest BCUT2D eigenvalue weighted by atomic mass is 16.5. The number of carboxylic acids is 1. The number of carbonyl (C=O) groups is 2. The molecule has 1 amide bonds. The maximum Gasteiger partial charge on any atom is 0.344 e. The summed E-state index contributed by atoms with van der Waals surface area (Å²) < 4.78 is 10.5. The van der Waals surface area contributed by atoms with Crippen LogP contribution < -0.4 is 14.9 Å². The van der Waals surface area contributed by atoms with Crippen molar-refractivity contribution in [3.05, 3.63) is 53.6 Å². The summed E-state index contributed by atoms with van der Waals surface area (Å²) in [6.45, 7) is 1.41. The predicted octanol–water partition coefficient (Wildman–Crippen LogP) is 2.02. The molecule has 8 nitrogen and oxygen atoms in total. The van der Waals surface area contributed by atoms with Gasteiger partial charge in [0.15, 0.2) is 17.6 Å². The number of amides is 1. The molecule has 0 saturated carbocycles. The van der Waals surface area contributed by atoms with Gasteiger partial charge in [-0.3, -0.25) is 4.79 Å². The number of phenolic OH excluding ortho intramolecular Hbond substituents is 1. The Balaban J connectivity index is 2.06. The molecule has 0 aromatic heterocycles. The molecule has 0 spiro atoms. The highest BCUT2D eigenvalue weighted by molar-refractivity contribution is 5.95. The number of methoxy groups -OCH3 is 1. The van der Waals surface area contributed by atoms with Gasteiger partial charge in [-0.25, -0.2) is 10.2 Å². The third kappa shape index (κ3) is 4.97. The molecule has 0 aliphatic heterocycles. The Labute approximate surface area is 149 Å². The van der Waals surface area contributed by atoms with E-state index in [4.69, 9.17) is 14.6 Å². The van der Waals surface area contributed by atoms with Gasteiger partial charge in [0.2, 0.25) is 0 Å². The number of carboxylic acid groups (broad SMARTS) is 1. The van der Waals surface area contributed by atoms with Crippen LogP contribution in [-0.2, 0) is 4.79 Å². The van der Waals surface area contributed by atoms with E-state index < -0.39 is 18.0 Å². The van der Waals surface area contributed by atoms with Gasteiger partial charge in [-0.1, -0.05) is 6.07 Å². The van der Waals surface area contributed by atoms with Crippen LogP contribution in [0.2, 0.25) is 0 Å². The first-order valence-electron chi connectivity index (χ1n) is 7.60. The first kappa shape index (κ1) is 18.8. The fourth-order valence-electron chi connectivity index (χ4n) is 1.98. The molecule has 0 aliphatic carbocycles. The summed E-state index contributed by atoms with van der Waals surface area (Å²) in [5.41, 5.74) is 3.22. The van der Waals surface area contributed by atoms with Gasteiger partial charge < -0.3 is 19.7 Å². The van der Waals surface area contributed by atoms with E-state index in [2.05, 4.69) is 10.5 Å². The maximum atomic E-state index is 11.9. The van der Waals surface area contributed by atoms with Crippen molar-refractivity contribution in [1.29, 1.82) is 0 Å². The van der Waals surface area contributed by atoms with Crippen molar-refractivity contribution in [3.63, 3.8) is 0 Å². The van der Waals surface area contributed by atoms with Gasteiger partial charge in [-0.05, 0) is 48.9 Å². The van der Waals surface area contributed by atoms with Crippen LogP contribution in [0.5, 0.6) is 17.2 Å². The molecule has 8 heteroatoms. The zero-order valence-electron chi connectivity index (χ0n) is 14.2. The van der Waals surface area contributed by atoms with E-state index in [0.717, 1.165) is 0 Å². The van der Waals surface area contributed by atoms with Gasteiger partial charge in [0.25, 0.3) is 5.91 Å². The van der Waals surface area contributed by atoms with Crippen molar-refractivity contribution in [3.8, 4) is 17.2 Å². The Morgan fingerprint density at radius 1 is 1.19 bits per heavy atom. The smallest absolute Gasteiger partial charge is 0.344 e. The Morgan fingerprint density at radius 2 is 1.96 bits per heavy atom. The second-order valence-corrected chi connectivity index (χ2v) is 5.26. The van der Waals surface area contributed by atoms with Crippen molar-refractivity contribution >= 4 is 18.1 Å². The molecule has 0 unspecified atom stereocenters. The fourth-order valence-corrected chi connectivity index (χ4v) is 1.98. The minimum Gasteiger partial charge on any atom is -0.508 e. The summed E-state index contributed by atoms with van der Waals surface area (Å²) in [7, 11) is 1.43. The third-order valence-electron chi connectivity index (χ3n) is 3.33. The average molecular weight is 358 g/mol. The maximum absolute atomic E-state index is 11.9. The number of aliphatic carboxylic acids is 1. The van der Waals surface area contributed by atoms with Gasteiger partial charge in [0.1, 0.15) is 5.75 Å². The van der Waals surface area contributed by atoms with E-state index in [1.54, 1.807) is 30.3 Å². The van der Waals surface area contributed by atoms with Gasteiger partial charge in [-0.15, -0.1) is 0 Å². The first-order chi connectivity index (χ1) is 12.4. The molecule has 0 radical (unpaired) electrons. The van der Waals surface area contributed by atoms with Crippen LogP contribution >= 0.6 is 0 Å². The minimum atomic E-state index is -1.09. The normalized spacial score (nSPS) is 11.8. The second-order valence-electron chi connectivity index (χ2n) is 5.26. The van der Waals surface area contributed by atoms with Crippen LogP contribution in [0.25, 0.3) is 0 Å². The van der Waals surface area contributed by atoms with E-state index >= 15 is 0 Å². The predicted molar refractivity (Wildman–Crippen MR) is 93.9 cm³/mol. The van der Waals surface area contributed by atoms with Gasteiger partial charge in [0, 0.05) is 5.56 Å². The SMILES string of the molecule is COc1cc(/C=N/NC(=O)c2cccc(O)c2)ccc1O[C@H](C)C(=O)O. The number of benzene rings is 2. The number of ether oxygens (including phenoxy) is 2. The van der Waals surface area contributed by atoms with Gasteiger partial charge >= 0.3 is 5.97 Å². The van der Waals surface area contributed by atoms with E-state index in [1.807, 2.05) is 0 Å². The van der Waals surface area contributed by atoms with Gasteiger partial charge in [-0.2, -0.15) is 5.10 Å². The summed E-state index contributed by atoms with van der Waals surface area (Å²) in [6.07, 6.45) is 0.373. The third-order valence-corrected chi connectivity index (χ3v) is 3.33. The lowest BCUT2D eigenvalue weighted by Gasteiger charge is -2.13. The lowest BCUT2D eigenvalue weighted by atomic mass is 10.2. The molecule has 136 valence electrons. The number of phenols is 1. The molecule has 2 rings (SSSR count). The van der Waals surface area contributed by atoms with Crippen LogP contribution in [0.4, 0.5) is 0 Å². The topological polar surface area (TPSA) is 117 Å². The highest BCUT2D eigenvalue weighted by Crippen LogP contribution is 2.28. The molecule has 2 aromatic carbocycles. The monoisotopic (exact) mass is 358 g/mol. The van der Waals surface area contributed by atoms with Crippen LogP contribution in [-0.4, -0.2) is 41.5 Å². The van der Waals surface area contributed by atoms with Crippen molar-refractivity contribution < 1.29 is 29.3 Å². The molecule has 0 aliphatic rings. The van der Waals surface area contributed by atoms with E-state index in [9.17, 15) is 14.7 Å². The number of hydrogen-bond acceptors (Lipinski definition) is 6. The summed E-state index contributed by atoms with van der Waals surface area (Å²) in [6, 6.07) is 10.7. The molecule has 2 aromatic rings.